The Morgan fingerprint density at radius 3 is 2.70 bits per heavy atom. The molecule has 0 saturated carbocycles. The maximum Gasteiger partial charge on any atom is 0.249 e. The highest BCUT2D eigenvalue weighted by Crippen LogP contribution is 2.29. The first-order valence-corrected chi connectivity index (χ1v) is 11.2. The lowest BCUT2D eigenvalue weighted by Crippen LogP contribution is -2.50. The molecule has 10 heteroatoms. The lowest BCUT2D eigenvalue weighted by atomic mass is 10.0. The van der Waals surface area contributed by atoms with E-state index in [0.29, 0.717) is 23.3 Å². The second-order valence-electron chi connectivity index (χ2n) is 7.06. The van der Waals surface area contributed by atoms with Crippen molar-refractivity contribution in [2.75, 3.05) is 31.6 Å². The number of anilines is 1. The van der Waals surface area contributed by atoms with Crippen LogP contribution in [-0.4, -0.2) is 50.1 Å². The fraction of sp³-hybridized carbons (Fsp3) is 0.471. The van der Waals surface area contributed by atoms with Gasteiger partial charge in [-0.1, -0.05) is 35.1 Å². The first-order chi connectivity index (χ1) is 12.6. The highest BCUT2D eigenvalue weighted by molar-refractivity contribution is 7.91. The summed E-state index contributed by atoms with van der Waals surface area (Å²) in [4.78, 5) is 6.48. The van der Waals surface area contributed by atoms with E-state index in [0.717, 1.165) is 30.0 Å². The molecule has 1 unspecified atom stereocenters. The maximum atomic E-state index is 11.4. The van der Waals surface area contributed by atoms with Gasteiger partial charge >= 0.3 is 0 Å². The van der Waals surface area contributed by atoms with Gasteiger partial charge in [-0.3, -0.25) is 4.90 Å². The maximum absolute atomic E-state index is 11.4. The molecule has 1 atom stereocenters. The van der Waals surface area contributed by atoms with Crippen molar-refractivity contribution in [3.05, 3.63) is 41.0 Å². The van der Waals surface area contributed by atoms with Crippen LogP contribution in [0, 0.1) is 0 Å². The quantitative estimate of drug-likeness (QED) is 0.731. The van der Waals surface area contributed by atoms with E-state index in [2.05, 4.69) is 29.0 Å². The highest BCUT2D eigenvalue weighted by Gasteiger charge is 2.32. The molecule has 1 aliphatic heterocycles. The average molecular weight is 431 g/mol. The van der Waals surface area contributed by atoms with Crippen LogP contribution in [0.5, 0.6) is 0 Å². The first kappa shape index (κ1) is 20.5. The zero-order chi connectivity index (χ0) is 19.7. The van der Waals surface area contributed by atoms with Gasteiger partial charge in [-0.15, -0.1) is 0 Å². The van der Waals surface area contributed by atoms with Crippen molar-refractivity contribution in [2.24, 2.45) is 5.14 Å². The number of ether oxygens (including phenoxy) is 1. The van der Waals surface area contributed by atoms with Crippen LogP contribution in [0.3, 0.4) is 0 Å². The minimum Gasteiger partial charge on any atom is -0.373 e. The number of halogens is 1. The first-order valence-electron chi connectivity index (χ1n) is 8.50. The summed E-state index contributed by atoms with van der Waals surface area (Å²) in [6, 6.07) is 7.83. The van der Waals surface area contributed by atoms with E-state index in [1.54, 1.807) is 0 Å². The van der Waals surface area contributed by atoms with E-state index >= 15 is 0 Å². The summed E-state index contributed by atoms with van der Waals surface area (Å²) >= 11 is 7.07. The second kappa shape index (κ2) is 8.02. The molecule has 3 rings (SSSR count). The Balaban J connectivity index is 1.79. The largest absolute Gasteiger partial charge is 0.373 e. The van der Waals surface area contributed by atoms with Crippen LogP contribution in [0.4, 0.5) is 5.13 Å². The highest BCUT2D eigenvalue weighted by atomic mass is 35.5. The number of nitrogens with zero attached hydrogens (tertiary/aromatic N) is 2. The van der Waals surface area contributed by atoms with Crippen LogP contribution < -0.4 is 10.5 Å². The Morgan fingerprint density at radius 2 is 2.11 bits per heavy atom. The van der Waals surface area contributed by atoms with Gasteiger partial charge in [0.25, 0.3) is 0 Å². The number of hydrogen-bond donors (Lipinski definition) is 2. The zero-order valence-corrected chi connectivity index (χ0v) is 17.6. The van der Waals surface area contributed by atoms with Crippen molar-refractivity contribution < 1.29 is 13.2 Å². The van der Waals surface area contributed by atoms with Gasteiger partial charge < -0.3 is 10.1 Å². The monoisotopic (exact) mass is 430 g/mol. The predicted molar refractivity (Wildman–Crippen MR) is 108 cm³/mol. The van der Waals surface area contributed by atoms with Crippen molar-refractivity contribution in [1.82, 2.24) is 9.88 Å². The van der Waals surface area contributed by atoms with Gasteiger partial charge in [-0.2, -0.15) is 0 Å². The molecule has 1 aromatic carbocycles. The number of sulfonamides is 1. The molecule has 148 valence electrons. The third kappa shape index (κ3) is 5.40. The van der Waals surface area contributed by atoms with Crippen LogP contribution in [0.25, 0.3) is 0 Å². The second-order valence-corrected chi connectivity index (χ2v) is 10.3. The van der Waals surface area contributed by atoms with Gasteiger partial charge in [0.1, 0.15) is 0 Å². The number of aromatic nitrogens is 1. The molecule has 0 aliphatic carbocycles. The van der Waals surface area contributed by atoms with Crippen molar-refractivity contribution in [2.45, 2.75) is 29.7 Å². The van der Waals surface area contributed by atoms with E-state index in [4.69, 9.17) is 21.5 Å². The molecule has 2 aromatic rings. The van der Waals surface area contributed by atoms with Crippen molar-refractivity contribution in [3.63, 3.8) is 0 Å². The smallest absolute Gasteiger partial charge is 0.249 e. The van der Waals surface area contributed by atoms with Crippen LogP contribution in [0.15, 0.2) is 34.7 Å². The molecule has 1 fully saturated rings. The van der Waals surface area contributed by atoms with Crippen molar-refractivity contribution in [3.8, 4) is 0 Å². The van der Waals surface area contributed by atoms with E-state index in [9.17, 15) is 8.42 Å². The summed E-state index contributed by atoms with van der Waals surface area (Å²) in [5.41, 5.74) is 0.887. The summed E-state index contributed by atoms with van der Waals surface area (Å²) in [5, 5.41) is 9.61. The molecule has 0 amide bonds. The lowest BCUT2D eigenvalue weighted by molar-refractivity contribution is -0.0963. The number of nitrogens with one attached hydrogen (secondary N) is 1. The molecule has 7 nitrogen and oxygen atoms in total. The Labute approximate surface area is 168 Å². The number of primary sulfonamides is 1. The number of thiazole rings is 1. The van der Waals surface area contributed by atoms with Gasteiger partial charge in [0, 0.05) is 24.7 Å². The SMILES string of the molecule is CC1(C)CN(C(CNc2ncc(S(N)(=O)=O)s2)c2ccc(Cl)cc2)CCO1. The summed E-state index contributed by atoms with van der Waals surface area (Å²) in [6.07, 6.45) is 1.28. The molecule has 0 spiro atoms. The predicted octanol–water partition coefficient (Wildman–Crippen LogP) is 2.71. The van der Waals surface area contributed by atoms with Crippen LogP contribution in [0.2, 0.25) is 5.02 Å². The minimum absolute atomic E-state index is 0.0422. The molecule has 2 heterocycles. The van der Waals surface area contributed by atoms with E-state index in [1.807, 2.05) is 24.3 Å². The fourth-order valence-corrected chi connectivity index (χ4v) is 4.70. The van der Waals surface area contributed by atoms with Gasteiger partial charge in [-0.25, -0.2) is 18.5 Å². The molecule has 27 heavy (non-hydrogen) atoms. The number of morpholine rings is 1. The van der Waals surface area contributed by atoms with E-state index < -0.39 is 10.0 Å². The Morgan fingerprint density at radius 1 is 1.41 bits per heavy atom. The Bertz CT molecular complexity index is 884. The fourth-order valence-electron chi connectivity index (χ4n) is 3.12. The summed E-state index contributed by atoms with van der Waals surface area (Å²) in [5.74, 6) is 0. The number of rotatable bonds is 6. The van der Waals surface area contributed by atoms with Crippen LogP contribution in [0.1, 0.15) is 25.5 Å². The van der Waals surface area contributed by atoms with E-state index in [-0.39, 0.29) is 15.9 Å². The topological polar surface area (TPSA) is 97.5 Å². The van der Waals surface area contributed by atoms with Crippen molar-refractivity contribution >= 4 is 38.1 Å². The van der Waals surface area contributed by atoms with Gasteiger partial charge in [-0.05, 0) is 31.5 Å². The van der Waals surface area contributed by atoms with Crippen LogP contribution in [-0.2, 0) is 14.8 Å². The number of benzene rings is 1. The molecule has 1 aromatic heterocycles. The Hall–Kier alpha value is -1.23. The van der Waals surface area contributed by atoms with Gasteiger partial charge in [0.2, 0.25) is 10.0 Å². The summed E-state index contributed by atoms with van der Waals surface area (Å²) < 4.78 is 28.8. The van der Waals surface area contributed by atoms with Crippen molar-refractivity contribution in [1.29, 1.82) is 0 Å². The van der Waals surface area contributed by atoms with Gasteiger partial charge in [0.15, 0.2) is 9.34 Å². The summed E-state index contributed by atoms with van der Waals surface area (Å²) in [6.45, 7) is 6.95. The lowest BCUT2D eigenvalue weighted by Gasteiger charge is -2.42. The van der Waals surface area contributed by atoms with E-state index in [1.165, 1.54) is 6.20 Å². The zero-order valence-electron chi connectivity index (χ0n) is 15.2. The molecule has 0 radical (unpaired) electrons. The average Bonchev–Trinajstić information content (AvgIpc) is 3.05. The third-order valence-corrected chi connectivity index (χ3v) is 6.98. The van der Waals surface area contributed by atoms with Gasteiger partial charge in [0.05, 0.1) is 24.4 Å². The molecular formula is C17H23ClN4O3S2. The molecular weight excluding hydrogens is 408 g/mol. The molecule has 0 bridgehead atoms. The third-order valence-electron chi connectivity index (χ3n) is 4.36. The molecule has 1 saturated heterocycles. The normalized spacial score (nSPS) is 19.0. The molecule has 3 N–H and O–H groups in total. The minimum atomic E-state index is -3.74. The number of hydrogen-bond acceptors (Lipinski definition) is 7. The summed E-state index contributed by atoms with van der Waals surface area (Å²) in [7, 11) is -3.74. The number of nitrogens with two attached hydrogens (primary N) is 1. The molecule has 1 aliphatic rings. The van der Waals surface area contributed by atoms with Crippen LogP contribution >= 0.6 is 22.9 Å². The Kier molecular flexibility index (Phi) is 6.09. The standard InChI is InChI=1S/C17H23ClN4O3S2/c1-17(2)11-22(7-8-25-17)14(12-3-5-13(18)6-4-12)9-20-16-21-10-15(26-16)27(19,23)24/h3-6,10,14H,7-9,11H2,1-2H3,(H,20,21)(H2,19,23,24).